The molecular formula is C11H10ClN5Na2O6S2. The number of hydrogen-bond acceptors (Lipinski definition) is 11. The number of halogens is 1. The minimum Gasteiger partial charge on any atom is -0.748 e. The molecule has 1 aromatic heterocycles. The molecule has 136 valence electrons. The van der Waals surface area contributed by atoms with Crippen molar-refractivity contribution in [1.82, 2.24) is 15.0 Å². The zero-order valence-electron chi connectivity index (χ0n) is 14.2. The Kier molecular flexibility index (Phi) is 11.2. The Bertz CT molecular complexity index is 975. The maximum Gasteiger partial charge on any atom is 1.00 e. The summed E-state index contributed by atoms with van der Waals surface area (Å²) in [6.07, 6.45) is 0. The van der Waals surface area contributed by atoms with Gasteiger partial charge in [0, 0.05) is 12.2 Å². The van der Waals surface area contributed by atoms with Crippen molar-refractivity contribution in [3.05, 3.63) is 29.5 Å². The van der Waals surface area contributed by atoms with Crippen molar-refractivity contribution < 1.29 is 85.1 Å². The minimum absolute atomic E-state index is 0. The minimum atomic E-state index is -4.55. The van der Waals surface area contributed by atoms with Gasteiger partial charge in [0.25, 0.3) is 0 Å². The third-order valence-corrected chi connectivity index (χ3v) is 4.37. The summed E-state index contributed by atoms with van der Waals surface area (Å²) in [6, 6.07) is 4.84. The molecule has 1 heterocycles. The van der Waals surface area contributed by atoms with Crippen molar-refractivity contribution in [1.29, 1.82) is 0 Å². The first kappa shape index (κ1) is 26.9. The summed E-state index contributed by atoms with van der Waals surface area (Å²) in [5.41, 5.74) is 0.364. The largest absolute Gasteiger partial charge is 1.00 e. The van der Waals surface area contributed by atoms with Gasteiger partial charge in [0.1, 0.15) is 10.1 Å². The molecule has 0 spiro atoms. The van der Waals surface area contributed by atoms with Gasteiger partial charge in [0.15, 0.2) is 0 Å². The van der Waals surface area contributed by atoms with Crippen LogP contribution in [0.3, 0.4) is 0 Å². The van der Waals surface area contributed by atoms with Crippen molar-refractivity contribution >= 4 is 49.4 Å². The van der Waals surface area contributed by atoms with E-state index in [-0.39, 0.29) is 82.8 Å². The van der Waals surface area contributed by atoms with E-state index in [2.05, 4.69) is 25.6 Å². The fraction of sp³-hybridized carbons (Fsp3) is 0.182. The zero-order chi connectivity index (χ0) is 18.7. The van der Waals surface area contributed by atoms with Crippen molar-refractivity contribution in [3.63, 3.8) is 0 Å². The van der Waals surface area contributed by atoms with Gasteiger partial charge in [-0.25, -0.2) is 16.8 Å². The summed E-state index contributed by atoms with van der Waals surface area (Å²) in [4.78, 5) is 11.0. The molecule has 1 aromatic carbocycles. The van der Waals surface area contributed by atoms with E-state index >= 15 is 0 Å². The van der Waals surface area contributed by atoms with E-state index in [4.69, 9.17) is 11.6 Å². The topological polar surface area (TPSA) is 177 Å². The number of anilines is 3. The Morgan fingerprint density at radius 2 is 1.48 bits per heavy atom. The molecule has 0 saturated carbocycles. The van der Waals surface area contributed by atoms with Crippen LogP contribution < -0.4 is 69.7 Å². The predicted molar refractivity (Wildman–Crippen MR) is 85.6 cm³/mol. The van der Waals surface area contributed by atoms with E-state index in [1.54, 1.807) is 0 Å². The standard InChI is InChI=1S/C11H12ClN5O6S2.2Na/c12-9-15-10(13-5-6-24(18,19)20)17-11(16-9)14-7-1-3-8(4-2-7)25(21,22)23;;/h1-4H,5-6H2,(H,18,19,20)(H,21,22,23)(H2,13,14,15,16,17);;/q;2*+1/p-2. The molecule has 0 aliphatic heterocycles. The van der Waals surface area contributed by atoms with Crippen LogP contribution in [0.5, 0.6) is 0 Å². The van der Waals surface area contributed by atoms with E-state index in [0.29, 0.717) is 5.69 Å². The number of nitrogens with one attached hydrogen (secondary N) is 2. The molecule has 2 rings (SSSR count). The first-order valence-electron chi connectivity index (χ1n) is 6.45. The molecule has 0 amide bonds. The molecule has 0 atom stereocenters. The van der Waals surface area contributed by atoms with Crippen LogP contribution in [0.1, 0.15) is 0 Å². The quantitative estimate of drug-likeness (QED) is 0.301. The van der Waals surface area contributed by atoms with E-state index in [9.17, 15) is 25.9 Å². The number of rotatable bonds is 7. The van der Waals surface area contributed by atoms with Crippen LogP contribution in [0.25, 0.3) is 0 Å². The van der Waals surface area contributed by atoms with Gasteiger partial charge < -0.3 is 19.7 Å². The summed E-state index contributed by atoms with van der Waals surface area (Å²) < 4.78 is 64.2. The van der Waals surface area contributed by atoms with Crippen LogP contribution in [0, 0.1) is 0 Å². The first-order valence-corrected chi connectivity index (χ1v) is 9.81. The average Bonchev–Trinajstić information content (AvgIpc) is 2.45. The second kappa shape index (κ2) is 11.2. The van der Waals surface area contributed by atoms with E-state index in [1.807, 2.05) is 0 Å². The average molecular weight is 454 g/mol. The number of benzene rings is 1. The number of hydrogen-bond donors (Lipinski definition) is 2. The summed E-state index contributed by atoms with van der Waals surface area (Å²) in [6.45, 7) is -0.221. The van der Waals surface area contributed by atoms with Crippen LogP contribution in [0.2, 0.25) is 5.28 Å². The molecule has 2 N–H and O–H groups in total. The molecular weight excluding hydrogens is 444 g/mol. The van der Waals surface area contributed by atoms with Gasteiger partial charge in [-0.05, 0) is 35.9 Å². The Morgan fingerprint density at radius 1 is 0.926 bits per heavy atom. The number of aromatic nitrogens is 3. The van der Waals surface area contributed by atoms with Crippen LogP contribution in [0.15, 0.2) is 29.2 Å². The van der Waals surface area contributed by atoms with Gasteiger partial charge in [-0.1, -0.05) is 0 Å². The van der Waals surface area contributed by atoms with Crippen LogP contribution in [-0.4, -0.2) is 53.2 Å². The normalized spacial score (nSPS) is 11.1. The van der Waals surface area contributed by atoms with Crippen molar-refractivity contribution in [2.75, 3.05) is 22.9 Å². The third kappa shape index (κ3) is 9.80. The summed E-state index contributed by atoms with van der Waals surface area (Å²) in [5, 5.41) is 5.01. The second-order valence-corrected chi connectivity index (χ2v) is 7.79. The smallest absolute Gasteiger partial charge is 0.748 e. The fourth-order valence-electron chi connectivity index (χ4n) is 1.61. The molecule has 0 bridgehead atoms. The molecule has 0 aliphatic rings. The van der Waals surface area contributed by atoms with E-state index in [1.165, 1.54) is 12.1 Å². The molecule has 27 heavy (non-hydrogen) atoms. The summed E-state index contributed by atoms with van der Waals surface area (Å²) in [7, 11) is -8.94. The van der Waals surface area contributed by atoms with Gasteiger partial charge >= 0.3 is 59.1 Å². The summed E-state index contributed by atoms with van der Waals surface area (Å²) in [5.74, 6) is -0.750. The summed E-state index contributed by atoms with van der Waals surface area (Å²) >= 11 is 5.73. The van der Waals surface area contributed by atoms with Gasteiger partial charge in [-0.15, -0.1) is 0 Å². The van der Waals surface area contributed by atoms with Crippen LogP contribution >= 0.6 is 11.6 Å². The van der Waals surface area contributed by atoms with E-state index in [0.717, 1.165) is 12.1 Å². The molecule has 2 aromatic rings. The molecule has 0 saturated heterocycles. The van der Waals surface area contributed by atoms with Gasteiger partial charge in [-0.3, -0.25) is 0 Å². The predicted octanol–water partition coefficient (Wildman–Crippen LogP) is -5.86. The van der Waals surface area contributed by atoms with Crippen LogP contribution in [-0.2, 0) is 20.2 Å². The maximum absolute atomic E-state index is 10.9. The van der Waals surface area contributed by atoms with Gasteiger partial charge in [-0.2, -0.15) is 15.0 Å². The SMILES string of the molecule is O=S(=O)([O-])CCNc1nc(Cl)nc(Nc2ccc(S(=O)(=O)[O-])cc2)n1.[Na+].[Na+]. The zero-order valence-corrected chi connectivity index (χ0v) is 20.6. The monoisotopic (exact) mass is 453 g/mol. The Morgan fingerprint density at radius 3 is 2.00 bits per heavy atom. The van der Waals surface area contributed by atoms with Crippen molar-refractivity contribution in [2.45, 2.75) is 4.90 Å². The molecule has 0 radical (unpaired) electrons. The second-order valence-electron chi connectivity index (χ2n) is 4.54. The molecule has 0 aliphatic carbocycles. The van der Waals surface area contributed by atoms with Crippen LogP contribution in [0.4, 0.5) is 17.6 Å². The first-order chi connectivity index (χ1) is 11.5. The Labute approximate surface area is 204 Å². The molecule has 0 unspecified atom stereocenters. The molecule has 0 fully saturated rings. The third-order valence-electron chi connectivity index (χ3n) is 2.64. The van der Waals surface area contributed by atoms with E-state index < -0.39 is 30.9 Å². The maximum atomic E-state index is 10.9. The van der Waals surface area contributed by atoms with Gasteiger partial charge in [0.2, 0.25) is 17.2 Å². The molecule has 11 nitrogen and oxygen atoms in total. The van der Waals surface area contributed by atoms with Crippen molar-refractivity contribution in [2.24, 2.45) is 0 Å². The number of nitrogens with zero attached hydrogens (tertiary/aromatic N) is 3. The Hall–Kier alpha value is -0.0600. The Balaban J connectivity index is 0.00000338. The molecule has 16 heteroatoms. The fourth-order valence-corrected chi connectivity index (χ4v) is 2.59. The van der Waals surface area contributed by atoms with Gasteiger partial charge in [0.05, 0.1) is 20.8 Å². The van der Waals surface area contributed by atoms with Crippen molar-refractivity contribution in [3.8, 4) is 0 Å².